The Kier molecular flexibility index (Phi) is 1.60. The molecule has 0 fully saturated rings. The summed E-state index contributed by atoms with van der Waals surface area (Å²) < 4.78 is 0. The molecule has 0 amide bonds. The highest BCUT2D eigenvalue weighted by atomic mass is 14.7. The minimum Gasteiger partial charge on any atom is -0.398 e. The summed E-state index contributed by atoms with van der Waals surface area (Å²) in [5.41, 5.74) is 7.81. The van der Waals surface area contributed by atoms with Gasteiger partial charge in [0.2, 0.25) is 0 Å². The number of aromatic nitrogens is 1. The number of anilines is 1. The maximum atomic E-state index is 8.68. The molecule has 0 saturated carbocycles. The van der Waals surface area contributed by atoms with Crippen molar-refractivity contribution in [3.05, 3.63) is 36.0 Å². The summed E-state index contributed by atoms with van der Waals surface area (Å²) in [6.07, 6.45) is 1.66. The lowest BCUT2D eigenvalue weighted by Gasteiger charge is -1.99. The van der Waals surface area contributed by atoms with Gasteiger partial charge in [-0.05, 0) is 24.3 Å². The van der Waals surface area contributed by atoms with E-state index in [1.54, 1.807) is 30.5 Å². The van der Waals surface area contributed by atoms with Gasteiger partial charge in [-0.15, -0.1) is 0 Å². The zero-order valence-electron chi connectivity index (χ0n) is 6.86. The number of hydrogen-bond donors (Lipinski definition) is 1. The molecule has 62 valence electrons. The molecule has 3 heteroatoms. The lowest BCUT2D eigenvalue weighted by atomic mass is 10.1. The number of fused-ring (bicyclic) bond motifs is 1. The predicted molar refractivity (Wildman–Crippen MR) is 50.9 cm³/mol. The second kappa shape index (κ2) is 2.76. The highest BCUT2D eigenvalue weighted by Gasteiger charge is 1.99. The monoisotopic (exact) mass is 169 g/mol. The van der Waals surface area contributed by atoms with Crippen LogP contribution in [0.1, 0.15) is 5.56 Å². The molecule has 1 heterocycles. The molecule has 2 aromatic rings. The van der Waals surface area contributed by atoms with Crippen LogP contribution in [-0.4, -0.2) is 4.98 Å². The maximum absolute atomic E-state index is 8.68. The molecule has 13 heavy (non-hydrogen) atoms. The fraction of sp³-hybridized carbons (Fsp3) is 0. The summed E-state index contributed by atoms with van der Waals surface area (Å²) in [5, 5.41) is 9.51. The van der Waals surface area contributed by atoms with Gasteiger partial charge in [0.05, 0.1) is 17.1 Å². The van der Waals surface area contributed by atoms with Gasteiger partial charge < -0.3 is 5.73 Å². The smallest absolute Gasteiger partial charge is 0.0991 e. The lowest BCUT2D eigenvalue weighted by molar-refractivity contribution is 1.41. The third kappa shape index (κ3) is 1.18. The first kappa shape index (κ1) is 7.56. The second-order valence-electron chi connectivity index (χ2n) is 2.74. The van der Waals surface area contributed by atoms with Crippen molar-refractivity contribution in [3.8, 4) is 6.07 Å². The van der Waals surface area contributed by atoms with E-state index in [4.69, 9.17) is 11.0 Å². The normalized spacial score (nSPS) is 9.77. The summed E-state index contributed by atoms with van der Waals surface area (Å²) in [6, 6.07) is 9.06. The molecule has 0 unspecified atom stereocenters. The van der Waals surface area contributed by atoms with Gasteiger partial charge in [0.15, 0.2) is 0 Å². The number of hydrogen-bond acceptors (Lipinski definition) is 3. The van der Waals surface area contributed by atoms with Crippen molar-refractivity contribution in [2.45, 2.75) is 0 Å². The summed E-state index contributed by atoms with van der Waals surface area (Å²) in [6.45, 7) is 0. The van der Waals surface area contributed by atoms with Gasteiger partial charge in [-0.2, -0.15) is 5.26 Å². The van der Waals surface area contributed by atoms with Crippen LogP contribution in [0.3, 0.4) is 0 Å². The highest BCUT2D eigenvalue weighted by Crippen LogP contribution is 2.19. The fourth-order valence-corrected chi connectivity index (χ4v) is 1.24. The van der Waals surface area contributed by atoms with E-state index in [0.717, 1.165) is 10.9 Å². The molecule has 0 radical (unpaired) electrons. The lowest BCUT2D eigenvalue weighted by Crippen LogP contribution is -1.88. The molecule has 0 aliphatic heterocycles. The van der Waals surface area contributed by atoms with E-state index in [-0.39, 0.29) is 0 Å². The largest absolute Gasteiger partial charge is 0.398 e. The van der Waals surface area contributed by atoms with Crippen LogP contribution in [0.2, 0.25) is 0 Å². The van der Waals surface area contributed by atoms with Crippen LogP contribution in [0.15, 0.2) is 30.5 Å². The van der Waals surface area contributed by atoms with Crippen LogP contribution < -0.4 is 5.73 Å². The molecular formula is C10H7N3. The van der Waals surface area contributed by atoms with Gasteiger partial charge in [-0.25, -0.2) is 0 Å². The SMILES string of the molecule is N#Cc1ccc2nccc(N)c2c1. The zero-order valence-corrected chi connectivity index (χ0v) is 6.86. The molecule has 0 aliphatic carbocycles. The number of nitrogen functional groups attached to an aromatic ring is 1. The summed E-state index contributed by atoms with van der Waals surface area (Å²) in [7, 11) is 0. The molecule has 0 aliphatic rings. The topological polar surface area (TPSA) is 62.7 Å². The fourth-order valence-electron chi connectivity index (χ4n) is 1.24. The number of benzene rings is 1. The van der Waals surface area contributed by atoms with Gasteiger partial charge in [0.25, 0.3) is 0 Å². The molecule has 1 aromatic heterocycles. The van der Waals surface area contributed by atoms with E-state index < -0.39 is 0 Å². The number of nitrogens with zero attached hydrogens (tertiary/aromatic N) is 2. The second-order valence-corrected chi connectivity index (χ2v) is 2.74. The van der Waals surface area contributed by atoms with Crippen molar-refractivity contribution < 1.29 is 0 Å². The van der Waals surface area contributed by atoms with E-state index in [9.17, 15) is 0 Å². The Labute approximate surface area is 75.4 Å². The van der Waals surface area contributed by atoms with Crippen molar-refractivity contribution in [1.82, 2.24) is 4.98 Å². The third-order valence-electron chi connectivity index (χ3n) is 1.90. The highest BCUT2D eigenvalue weighted by molar-refractivity contribution is 5.90. The average molecular weight is 169 g/mol. The minimum atomic E-state index is 0.604. The molecule has 3 nitrogen and oxygen atoms in total. The minimum absolute atomic E-state index is 0.604. The van der Waals surface area contributed by atoms with Crippen LogP contribution in [0, 0.1) is 11.3 Å². The molecule has 2 N–H and O–H groups in total. The van der Waals surface area contributed by atoms with E-state index in [2.05, 4.69) is 11.1 Å². The molecule has 1 aromatic carbocycles. The van der Waals surface area contributed by atoms with Gasteiger partial charge in [-0.1, -0.05) is 0 Å². The number of pyridine rings is 1. The van der Waals surface area contributed by atoms with Crippen LogP contribution >= 0.6 is 0 Å². The van der Waals surface area contributed by atoms with Gasteiger partial charge in [0.1, 0.15) is 0 Å². The van der Waals surface area contributed by atoms with E-state index in [1.807, 2.05) is 0 Å². The number of rotatable bonds is 0. The van der Waals surface area contributed by atoms with E-state index >= 15 is 0 Å². The van der Waals surface area contributed by atoms with Crippen molar-refractivity contribution in [2.75, 3.05) is 5.73 Å². The summed E-state index contributed by atoms with van der Waals surface area (Å²) >= 11 is 0. The van der Waals surface area contributed by atoms with Crippen molar-refractivity contribution in [1.29, 1.82) is 5.26 Å². The van der Waals surface area contributed by atoms with Gasteiger partial charge in [-0.3, -0.25) is 4.98 Å². The molecule has 0 saturated heterocycles. The molecule has 0 bridgehead atoms. The number of nitriles is 1. The van der Waals surface area contributed by atoms with Crippen LogP contribution in [0.5, 0.6) is 0 Å². The first-order valence-electron chi connectivity index (χ1n) is 3.85. The van der Waals surface area contributed by atoms with Crippen LogP contribution in [-0.2, 0) is 0 Å². The van der Waals surface area contributed by atoms with Crippen molar-refractivity contribution >= 4 is 16.6 Å². The Balaban J connectivity index is 2.84. The Bertz CT molecular complexity index is 497. The molecule has 2 rings (SSSR count). The first-order valence-corrected chi connectivity index (χ1v) is 3.85. The van der Waals surface area contributed by atoms with Gasteiger partial charge in [0, 0.05) is 17.3 Å². The molecule has 0 spiro atoms. The Hall–Kier alpha value is -2.08. The average Bonchev–Trinajstić information content (AvgIpc) is 2.18. The molecular weight excluding hydrogens is 162 g/mol. The van der Waals surface area contributed by atoms with Crippen molar-refractivity contribution in [3.63, 3.8) is 0 Å². The Morgan fingerprint density at radius 1 is 1.31 bits per heavy atom. The maximum Gasteiger partial charge on any atom is 0.0991 e. The summed E-state index contributed by atoms with van der Waals surface area (Å²) in [5.74, 6) is 0. The molecule has 0 atom stereocenters. The predicted octanol–water partition coefficient (Wildman–Crippen LogP) is 1.69. The standard InChI is InChI=1S/C10H7N3/c11-6-7-1-2-10-8(5-7)9(12)3-4-13-10/h1-5H,(H2,12,13). The van der Waals surface area contributed by atoms with E-state index in [0.29, 0.717) is 11.3 Å². The van der Waals surface area contributed by atoms with Crippen molar-refractivity contribution in [2.24, 2.45) is 0 Å². The number of nitrogens with two attached hydrogens (primary N) is 1. The third-order valence-corrected chi connectivity index (χ3v) is 1.90. The van der Waals surface area contributed by atoms with Crippen LogP contribution in [0.25, 0.3) is 10.9 Å². The first-order chi connectivity index (χ1) is 6.31. The summed E-state index contributed by atoms with van der Waals surface area (Å²) in [4.78, 5) is 4.13. The Morgan fingerprint density at radius 3 is 2.92 bits per heavy atom. The van der Waals surface area contributed by atoms with E-state index in [1.165, 1.54) is 0 Å². The quantitative estimate of drug-likeness (QED) is 0.652. The Morgan fingerprint density at radius 2 is 2.15 bits per heavy atom. The van der Waals surface area contributed by atoms with Gasteiger partial charge >= 0.3 is 0 Å². The zero-order chi connectivity index (χ0) is 9.26. The van der Waals surface area contributed by atoms with Crippen LogP contribution in [0.4, 0.5) is 5.69 Å².